The lowest BCUT2D eigenvalue weighted by Crippen LogP contribution is -2.05. The number of carboxylic acids is 1. The van der Waals surface area contributed by atoms with Crippen LogP contribution in [-0.4, -0.2) is 17.0 Å². The Hall–Kier alpha value is -2.34. The van der Waals surface area contributed by atoms with E-state index in [9.17, 15) is 14.0 Å². The van der Waals surface area contributed by atoms with E-state index < -0.39 is 11.8 Å². The van der Waals surface area contributed by atoms with Crippen LogP contribution in [0.1, 0.15) is 17.3 Å². The molecule has 0 unspecified atom stereocenters. The predicted octanol–water partition coefficient (Wildman–Crippen LogP) is 3.63. The summed E-state index contributed by atoms with van der Waals surface area (Å²) in [6.45, 7) is 1.40. The largest absolute Gasteiger partial charge is 0.478 e. The van der Waals surface area contributed by atoms with Crippen molar-refractivity contribution in [2.24, 2.45) is 0 Å². The number of aromatic carboxylic acids is 1. The fraction of sp³-hybridized carbons (Fsp3) is 0.0667. The minimum Gasteiger partial charge on any atom is -0.478 e. The van der Waals surface area contributed by atoms with Gasteiger partial charge in [0.2, 0.25) is 5.91 Å². The molecular weight excluding hydrogens is 293 g/mol. The maximum absolute atomic E-state index is 13.8. The molecule has 2 N–H and O–H groups in total. The van der Waals surface area contributed by atoms with Crippen LogP contribution in [0.2, 0.25) is 0 Å². The van der Waals surface area contributed by atoms with E-state index in [1.165, 1.54) is 25.1 Å². The number of carbonyl (C=O) groups is 2. The number of benzene rings is 2. The highest BCUT2D eigenvalue weighted by molar-refractivity contribution is 7.99. The van der Waals surface area contributed by atoms with Gasteiger partial charge in [-0.2, -0.15) is 0 Å². The second-order valence-electron chi connectivity index (χ2n) is 4.23. The molecular formula is C15H12FNO3S. The summed E-state index contributed by atoms with van der Waals surface area (Å²) in [5, 5.41) is 11.7. The summed E-state index contributed by atoms with van der Waals surface area (Å²) in [7, 11) is 0. The maximum atomic E-state index is 13.8. The van der Waals surface area contributed by atoms with E-state index in [1.54, 1.807) is 24.3 Å². The van der Waals surface area contributed by atoms with Gasteiger partial charge in [-0.1, -0.05) is 17.8 Å². The molecule has 0 saturated carbocycles. The average Bonchev–Trinajstić information content (AvgIpc) is 2.42. The summed E-state index contributed by atoms with van der Waals surface area (Å²) in [6, 6.07) is 10.7. The van der Waals surface area contributed by atoms with Crippen LogP contribution in [0.15, 0.2) is 52.3 Å². The van der Waals surface area contributed by atoms with Gasteiger partial charge in [0.25, 0.3) is 0 Å². The highest BCUT2D eigenvalue weighted by Gasteiger charge is 2.15. The maximum Gasteiger partial charge on any atom is 0.336 e. The second-order valence-corrected chi connectivity index (χ2v) is 5.31. The molecule has 0 aliphatic heterocycles. The third-order valence-corrected chi connectivity index (χ3v) is 3.72. The Balaban J connectivity index is 2.26. The molecule has 0 atom stereocenters. The Bertz CT molecular complexity index is 686. The predicted molar refractivity (Wildman–Crippen MR) is 78.2 cm³/mol. The van der Waals surface area contributed by atoms with Gasteiger partial charge >= 0.3 is 5.97 Å². The molecule has 0 fully saturated rings. The van der Waals surface area contributed by atoms with Crippen LogP contribution in [0.4, 0.5) is 10.1 Å². The van der Waals surface area contributed by atoms with Crippen LogP contribution in [0.5, 0.6) is 0 Å². The molecule has 0 saturated heterocycles. The molecule has 1 amide bonds. The fourth-order valence-electron chi connectivity index (χ4n) is 1.71. The third-order valence-electron chi connectivity index (χ3n) is 2.59. The van der Waals surface area contributed by atoms with E-state index in [0.29, 0.717) is 10.6 Å². The summed E-state index contributed by atoms with van der Waals surface area (Å²) in [5.41, 5.74) is 0.546. The zero-order chi connectivity index (χ0) is 15.4. The van der Waals surface area contributed by atoms with Gasteiger partial charge in [0.05, 0.1) is 10.5 Å². The Morgan fingerprint density at radius 1 is 1.14 bits per heavy atom. The van der Waals surface area contributed by atoms with Gasteiger partial charge in [0, 0.05) is 17.5 Å². The van der Waals surface area contributed by atoms with Gasteiger partial charge in [0.1, 0.15) is 5.82 Å². The quantitative estimate of drug-likeness (QED) is 0.905. The van der Waals surface area contributed by atoms with E-state index in [1.807, 2.05) is 0 Å². The van der Waals surface area contributed by atoms with Gasteiger partial charge in [-0.05, 0) is 36.4 Å². The van der Waals surface area contributed by atoms with Crippen molar-refractivity contribution in [1.29, 1.82) is 0 Å². The molecule has 6 heteroatoms. The van der Waals surface area contributed by atoms with Gasteiger partial charge in [0.15, 0.2) is 0 Å². The first-order valence-electron chi connectivity index (χ1n) is 6.04. The number of hydrogen-bond donors (Lipinski definition) is 2. The molecule has 0 aliphatic rings. The Morgan fingerprint density at radius 2 is 1.81 bits per heavy atom. The van der Waals surface area contributed by atoms with Crippen molar-refractivity contribution in [3.05, 3.63) is 53.8 Å². The van der Waals surface area contributed by atoms with E-state index in [2.05, 4.69) is 5.32 Å². The van der Waals surface area contributed by atoms with E-state index in [-0.39, 0.29) is 16.4 Å². The Kier molecular flexibility index (Phi) is 4.59. The van der Waals surface area contributed by atoms with Gasteiger partial charge in [-0.3, -0.25) is 4.79 Å². The van der Waals surface area contributed by atoms with Crippen LogP contribution in [0.3, 0.4) is 0 Å². The van der Waals surface area contributed by atoms with E-state index in [0.717, 1.165) is 11.8 Å². The van der Waals surface area contributed by atoms with Crippen LogP contribution in [0.25, 0.3) is 0 Å². The Labute approximate surface area is 125 Å². The van der Waals surface area contributed by atoms with Crippen LogP contribution in [0, 0.1) is 5.82 Å². The standard InChI is InChI=1S/C15H12FNO3S/c1-9(18)17-10-5-7-11(8-6-10)21-14-12(15(19)20)3-2-4-13(14)16/h2-8H,1H3,(H,17,18)(H,19,20). The number of nitrogens with one attached hydrogen (secondary N) is 1. The van der Waals surface area contributed by atoms with Crippen LogP contribution >= 0.6 is 11.8 Å². The van der Waals surface area contributed by atoms with Gasteiger partial charge < -0.3 is 10.4 Å². The first-order chi connectivity index (χ1) is 9.97. The molecule has 0 aromatic heterocycles. The summed E-state index contributed by atoms with van der Waals surface area (Å²) in [6.07, 6.45) is 0. The van der Waals surface area contributed by atoms with Crippen LogP contribution < -0.4 is 5.32 Å². The monoisotopic (exact) mass is 305 g/mol. The lowest BCUT2D eigenvalue weighted by Gasteiger charge is -2.08. The number of carbonyl (C=O) groups excluding carboxylic acids is 1. The van der Waals surface area contributed by atoms with Crippen molar-refractivity contribution in [1.82, 2.24) is 0 Å². The van der Waals surface area contributed by atoms with Crippen LogP contribution in [-0.2, 0) is 4.79 Å². The van der Waals surface area contributed by atoms with Gasteiger partial charge in [-0.25, -0.2) is 9.18 Å². The first-order valence-corrected chi connectivity index (χ1v) is 6.86. The minimum atomic E-state index is -1.17. The SMILES string of the molecule is CC(=O)Nc1ccc(Sc2c(F)cccc2C(=O)O)cc1. The molecule has 4 nitrogen and oxygen atoms in total. The molecule has 0 radical (unpaired) electrons. The molecule has 2 rings (SSSR count). The van der Waals surface area contributed by atoms with Crippen molar-refractivity contribution < 1.29 is 19.1 Å². The number of rotatable bonds is 4. The molecule has 0 heterocycles. The smallest absolute Gasteiger partial charge is 0.336 e. The van der Waals surface area contributed by atoms with Crippen molar-refractivity contribution in [2.75, 3.05) is 5.32 Å². The second kappa shape index (κ2) is 6.41. The molecule has 0 spiro atoms. The first kappa shape index (κ1) is 15.1. The Morgan fingerprint density at radius 3 is 2.38 bits per heavy atom. The number of anilines is 1. The summed E-state index contributed by atoms with van der Waals surface area (Å²) in [4.78, 5) is 22.8. The lowest BCUT2D eigenvalue weighted by atomic mass is 10.2. The topological polar surface area (TPSA) is 66.4 Å². The summed E-state index contributed by atoms with van der Waals surface area (Å²) >= 11 is 1.03. The van der Waals surface area contributed by atoms with Crippen molar-refractivity contribution in [3.63, 3.8) is 0 Å². The fourth-order valence-corrected chi connectivity index (χ4v) is 2.65. The third kappa shape index (κ3) is 3.82. The molecule has 0 aliphatic carbocycles. The summed E-state index contributed by atoms with van der Waals surface area (Å²) in [5.74, 6) is -1.93. The zero-order valence-corrected chi connectivity index (χ0v) is 11.9. The van der Waals surface area contributed by atoms with Crippen molar-refractivity contribution >= 4 is 29.3 Å². The highest BCUT2D eigenvalue weighted by atomic mass is 32.2. The number of halogens is 1. The molecule has 0 bridgehead atoms. The molecule has 2 aromatic rings. The lowest BCUT2D eigenvalue weighted by molar-refractivity contribution is -0.114. The van der Waals surface area contributed by atoms with E-state index >= 15 is 0 Å². The van der Waals surface area contributed by atoms with Gasteiger partial charge in [-0.15, -0.1) is 0 Å². The average molecular weight is 305 g/mol. The van der Waals surface area contributed by atoms with Crippen molar-refractivity contribution in [2.45, 2.75) is 16.7 Å². The number of hydrogen-bond acceptors (Lipinski definition) is 3. The highest BCUT2D eigenvalue weighted by Crippen LogP contribution is 2.33. The number of amides is 1. The summed E-state index contributed by atoms with van der Waals surface area (Å²) < 4.78 is 13.8. The molecule has 2 aromatic carbocycles. The van der Waals surface area contributed by atoms with Crippen molar-refractivity contribution in [3.8, 4) is 0 Å². The van der Waals surface area contributed by atoms with E-state index in [4.69, 9.17) is 5.11 Å². The molecule has 21 heavy (non-hydrogen) atoms. The normalized spacial score (nSPS) is 10.2. The molecule has 108 valence electrons. The zero-order valence-electron chi connectivity index (χ0n) is 11.1. The number of carboxylic acid groups (broad SMARTS) is 1. The minimum absolute atomic E-state index is 0.0669.